The van der Waals surface area contributed by atoms with Crippen LogP contribution in [0.15, 0.2) is 35.3 Å². The first-order chi connectivity index (χ1) is 13.0. The molecule has 1 atom stereocenters. The van der Waals surface area contributed by atoms with Crippen LogP contribution in [0.1, 0.15) is 25.3 Å². The molecule has 1 saturated heterocycles. The number of nitrogens with zero attached hydrogens (tertiary/aromatic N) is 4. The molecule has 1 aliphatic rings. The van der Waals surface area contributed by atoms with Gasteiger partial charge in [-0.25, -0.2) is 4.99 Å². The van der Waals surface area contributed by atoms with Crippen molar-refractivity contribution in [2.24, 2.45) is 4.99 Å². The van der Waals surface area contributed by atoms with Crippen molar-refractivity contribution in [2.45, 2.75) is 32.2 Å². The molecule has 2 rings (SSSR count). The second-order valence-electron chi connectivity index (χ2n) is 7.40. The second kappa shape index (κ2) is 10.9. The number of benzene rings is 1. The van der Waals surface area contributed by atoms with Gasteiger partial charge >= 0.3 is 0 Å². The van der Waals surface area contributed by atoms with Gasteiger partial charge in [0.25, 0.3) is 0 Å². The van der Waals surface area contributed by atoms with E-state index in [1.807, 2.05) is 6.07 Å². The van der Waals surface area contributed by atoms with Crippen LogP contribution in [0, 0.1) is 0 Å². The van der Waals surface area contributed by atoms with E-state index < -0.39 is 0 Å². The molecule has 1 aromatic rings. The summed E-state index contributed by atoms with van der Waals surface area (Å²) in [5, 5.41) is 3.46. The Balaban J connectivity index is 1.97. The molecule has 150 valence electrons. The van der Waals surface area contributed by atoms with Gasteiger partial charge in [0.1, 0.15) is 6.54 Å². The Morgan fingerprint density at radius 3 is 2.67 bits per heavy atom. The lowest BCUT2D eigenvalue weighted by Gasteiger charge is -2.30. The maximum Gasteiger partial charge on any atom is 0.243 e. The maximum absolute atomic E-state index is 12.0. The number of hydrogen-bond donors (Lipinski definition) is 1. The molecule has 0 bridgehead atoms. The summed E-state index contributed by atoms with van der Waals surface area (Å²) in [6, 6.07) is 11.0. The molecule has 1 heterocycles. The zero-order valence-electron chi connectivity index (χ0n) is 17.3. The molecule has 6 nitrogen and oxygen atoms in total. The highest BCUT2D eigenvalue weighted by Gasteiger charge is 2.25. The van der Waals surface area contributed by atoms with Crippen LogP contribution in [0.5, 0.6) is 0 Å². The molecule has 0 aliphatic carbocycles. The van der Waals surface area contributed by atoms with Crippen LogP contribution in [-0.4, -0.2) is 86.5 Å². The molecule has 0 spiro atoms. The van der Waals surface area contributed by atoms with E-state index in [4.69, 9.17) is 0 Å². The van der Waals surface area contributed by atoms with Crippen molar-refractivity contribution in [1.29, 1.82) is 0 Å². The molecule has 1 fully saturated rings. The van der Waals surface area contributed by atoms with Crippen LogP contribution in [-0.2, 0) is 11.2 Å². The largest absolute Gasteiger partial charge is 0.356 e. The molecular weight excluding hydrogens is 338 g/mol. The van der Waals surface area contributed by atoms with E-state index in [2.05, 4.69) is 58.3 Å². The third-order valence-corrected chi connectivity index (χ3v) is 5.15. The van der Waals surface area contributed by atoms with Crippen LogP contribution in [0.4, 0.5) is 0 Å². The van der Waals surface area contributed by atoms with Crippen molar-refractivity contribution < 1.29 is 4.79 Å². The zero-order chi connectivity index (χ0) is 19.6. The summed E-state index contributed by atoms with van der Waals surface area (Å²) in [6.07, 6.45) is 3.42. The molecule has 0 aromatic heterocycles. The van der Waals surface area contributed by atoms with Gasteiger partial charge in [0.05, 0.1) is 0 Å². The first-order valence-corrected chi connectivity index (χ1v) is 9.98. The summed E-state index contributed by atoms with van der Waals surface area (Å²) in [5.74, 6) is 0.825. The van der Waals surface area contributed by atoms with E-state index in [9.17, 15) is 4.79 Å². The monoisotopic (exact) mass is 373 g/mol. The first-order valence-electron chi connectivity index (χ1n) is 9.98. The van der Waals surface area contributed by atoms with Gasteiger partial charge in [0.15, 0.2) is 5.96 Å². The zero-order valence-corrected chi connectivity index (χ0v) is 17.3. The SMILES string of the molecule is CCN1CCCC1CN(C)C(=NCC(=O)N(C)C)NCCc1ccccc1. The Morgan fingerprint density at radius 2 is 2.00 bits per heavy atom. The van der Waals surface area contributed by atoms with Gasteiger partial charge in [-0.3, -0.25) is 9.69 Å². The highest BCUT2D eigenvalue weighted by molar-refractivity contribution is 5.84. The Bertz CT molecular complexity index is 602. The Labute approximate surface area is 164 Å². The second-order valence-corrected chi connectivity index (χ2v) is 7.40. The summed E-state index contributed by atoms with van der Waals surface area (Å²) >= 11 is 0. The quantitative estimate of drug-likeness (QED) is 0.556. The van der Waals surface area contributed by atoms with Crippen LogP contribution in [0.3, 0.4) is 0 Å². The molecule has 0 saturated carbocycles. The molecule has 27 heavy (non-hydrogen) atoms. The van der Waals surface area contributed by atoms with Gasteiger partial charge in [-0.15, -0.1) is 0 Å². The molecule has 1 N–H and O–H groups in total. The number of aliphatic imine (C=N–C) groups is 1. The van der Waals surface area contributed by atoms with Crippen molar-refractivity contribution in [3.8, 4) is 0 Å². The fourth-order valence-electron chi connectivity index (χ4n) is 3.48. The smallest absolute Gasteiger partial charge is 0.243 e. The molecular formula is C21H35N5O. The lowest BCUT2D eigenvalue weighted by Crippen LogP contribution is -2.46. The molecule has 1 aromatic carbocycles. The van der Waals surface area contributed by atoms with Crippen molar-refractivity contribution in [1.82, 2.24) is 20.0 Å². The van der Waals surface area contributed by atoms with E-state index in [0.717, 1.165) is 32.0 Å². The Hall–Kier alpha value is -2.08. The van der Waals surface area contributed by atoms with Gasteiger partial charge in [-0.1, -0.05) is 37.3 Å². The van der Waals surface area contributed by atoms with Gasteiger partial charge in [-0.05, 0) is 37.9 Å². The molecule has 6 heteroatoms. The summed E-state index contributed by atoms with van der Waals surface area (Å²) in [6.45, 7) is 6.40. The van der Waals surface area contributed by atoms with Gasteiger partial charge in [-0.2, -0.15) is 0 Å². The van der Waals surface area contributed by atoms with Crippen LogP contribution < -0.4 is 5.32 Å². The van der Waals surface area contributed by atoms with E-state index in [1.54, 1.807) is 19.0 Å². The van der Waals surface area contributed by atoms with Crippen molar-refractivity contribution >= 4 is 11.9 Å². The first kappa shape index (κ1) is 21.2. The average molecular weight is 374 g/mol. The van der Waals surface area contributed by atoms with Crippen molar-refractivity contribution in [3.63, 3.8) is 0 Å². The topological polar surface area (TPSA) is 51.2 Å². The number of amides is 1. The van der Waals surface area contributed by atoms with Crippen LogP contribution in [0.25, 0.3) is 0 Å². The fourth-order valence-corrected chi connectivity index (χ4v) is 3.48. The number of guanidine groups is 1. The van der Waals surface area contributed by atoms with E-state index in [-0.39, 0.29) is 12.5 Å². The minimum absolute atomic E-state index is 0.0156. The number of likely N-dealkylation sites (tertiary alicyclic amines) is 1. The molecule has 0 radical (unpaired) electrons. The summed E-state index contributed by atoms with van der Waals surface area (Å²) < 4.78 is 0. The third kappa shape index (κ3) is 6.86. The van der Waals surface area contributed by atoms with Crippen molar-refractivity contribution in [3.05, 3.63) is 35.9 Å². The summed E-state index contributed by atoms with van der Waals surface area (Å²) in [5.41, 5.74) is 1.30. The summed E-state index contributed by atoms with van der Waals surface area (Å²) in [7, 11) is 5.60. The standard InChI is InChI=1S/C21H35N5O/c1-5-26-15-9-12-19(26)17-25(4)21(23-16-20(27)24(2)3)22-14-13-18-10-7-6-8-11-18/h6-8,10-11,19H,5,9,12-17H2,1-4H3,(H,22,23). The van der Waals surface area contributed by atoms with Gasteiger partial charge in [0, 0.05) is 40.3 Å². The Morgan fingerprint density at radius 1 is 1.26 bits per heavy atom. The Kier molecular flexibility index (Phi) is 8.58. The van der Waals surface area contributed by atoms with E-state index >= 15 is 0 Å². The average Bonchev–Trinajstić information content (AvgIpc) is 3.11. The van der Waals surface area contributed by atoms with Gasteiger partial charge < -0.3 is 15.1 Å². The number of rotatable bonds is 8. The molecule has 1 unspecified atom stereocenters. The predicted molar refractivity (Wildman–Crippen MR) is 112 cm³/mol. The predicted octanol–water partition coefficient (Wildman–Crippen LogP) is 1.68. The number of hydrogen-bond acceptors (Lipinski definition) is 3. The number of carbonyl (C=O) groups excluding carboxylic acids is 1. The summed E-state index contributed by atoms with van der Waals surface area (Å²) in [4.78, 5) is 22.9. The lowest BCUT2D eigenvalue weighted by atomic mass is 10.1. The minimum Gasteiger partial charge on any atom is -0.356 e. The lowest BCUT2D eigenvalue weighted by molar-refractivity contribution is -0.127. The van der Waals surface area contributed by atoms with E-state index in [0.29, 0.717) is 6.04 Å². The fraction of sp³-hybridized carbons (Fsp3) is 0.619. The third-order valence-electron chi connectivity index (χ3n) is 5.15. The van der Waals surface area contributed by atoms with Crippen LogP contribution in [0.2, 0.25) is 0 Å². The van der Waals surface area contributed by atoms with E-state index in [1.165, 1.54) is 24.9 Å². The van der Waals surface area contributed by atoms with Crippen LogP contribution >= 0.6 is 0 Å². The number of likely N-dealkylation sites (N-methyl/N-ethyl adjacent to an activating group) is 3. The number of carbonyl (C=O) groups is 1. The molecule has 1 amide bonds. The highest BCUT2D eigenvalue weighted by atomic mass is 16.2. The number of nitrogens with one attached hydrogen (secondary N) is 1. The van der Waals surface area contributed by atoms with Crippen molar-refractivity contribution in [2.75, 3.05) is 53.9 Å². The highest BCUT2D eigenvalue weighted by Crippen LogP contribution is 2.17. The molecule has 1 aliphatic heterocycles. The minimum atomic E-state index is 0.0156. The normalized spacial score (nSPS) is 17.8. The van der Waals surface area contributed by atoms with Gasteiger partial charge in [0.2, 0.25) is 5.91 Å². The maximum atomic E-state index is 12.0.